The largest absolute Gasteiger partial charge is 0.297 e. The van der Waals surface area contributed by atoms with Crippen LogP contribution < -0.4 is 0 Å². The van der Waals surface area contributed by atoms with Crippen LogP contribution in [0.4, 0.5) is 0 Å². The van der Waals surface area contributed by atoms with Crippen LogP contribution in [0.15, 0.2) is 18.2 Å². The first-order chi connectivity index (χ1) is 8.81. The normalized spacial score (nSPS) is 24.4. The number of halogens is 2. The lowest BCUT2D eigenvalue weighted by Gasteiger charge is -2.31. The van der Waals surface area contributed by atoms with Gasteiger partial charge in [-0.3, -0.25) is 4.90 Å². The Morgan fingerprint density at radius 3 is 2.21 bits per heavy atom. The molecule has 0 radical (unpaired) electrons. The van der Waals surface area contributed by atoms with Gasteiger partial charge in [-0.05, 0) is 44.5 Å². The minimum absolute atomic E-state index is 0.00578. The number of benzene rings is 1. The quantitative estimate of drug-likeness (QED) is 0.771. The number of nitrogens with zero attached hydrogens (tertiary/aromatic N) is 2. The molecule has 0 unspecified atom stereocenters. The van der Waals surface area contributed by atoms with Gasteiger partial charge in [0.2, 0.25) is 0 Å². The number of rotatable bonds is 1. The van der Waals surface area contributed by atoms with E-state index in [4.69, 9.17) is 23.2 Å². The van der Waals surface area contributed by atoms with Crippen molar-refractivity contribution in [3.8, 4) is 6.07 Å². The Bertz CT molecular complexity index is 494. The Morgan fingerprint density at radius 1 is 1.16 bits per heavy atom. The summed E-state index contributed by atoms with van der Waals surface area (Å²) >= 11 is 12.1. The van der Waals surface area contributed by atoms with Crippen LogP contribution in [-0.4, -0.2) is 23.5 Å². The highest BCUT2D eigenvalue weighted by atomic mass is 35.5. The standard InChI is InChI=1S/C15H18Cl2N2/c1-15(2,3)19-8-11(7-18)14(9-19)10-4-12(16)6-13(17)5-10/h4-6,11,14H,8-9H2,1-3H3/t11-,14+/m0/s1. The average molecular weight is 297 g/mol. The molecule has 0 N–H and O–H groups in total. The second-order valence-electron chi connectivity index (χ2n) is 6.12. The molecule has 4 heteroatoms. The Morgan fingerprint density at radius 2 is 1.74 bits per heavy atom. The molecule has 102 valence electrons. The van der Waals surface area contributed by atoms with Crippen molar-refractivity contribution in [3.05, 3.63) is 33.8 Å². The number of hydrogen-bond donors (Lipinski definition) is 0. The van der Waals surface area contributed by atoms with E-state index in [0.29, 0.717) is 10.0 Å². The van der Waals surface area contributed by atoms with Crippen molar-refractivity contribution >= 4 is 23.2 Å². The number of hydrogen-bond acceptors (Lipinski definition) is 2. The molecule has 1 aliphatic rings. The van der Waals surface area contributed by atoms with E-state index < -0.39 is 0 Å². The van der Waals surface area contributed by atoms with Gasteiger partial charge in [0.25, 0.3) is 0 Å². The van der Waals surface area contributed by atoms with Crippen LogP contribution in [0.1, 0.15) is 32.3 Å². The molecule has 2 nitrogen and oxygen atoms in total. The van der Waals surface area contributed by atoms with Gasteiger partial charge in [0.1, 0.15) is 0 Å². The summed E-state index contributed by atoms with van der Waals surface area (Å²) in [5.41, 5.74) is 1.14. The van der Waals surface area contributed by atoms with E-state index >= 15 is 0 Å². The second-order valence-corrected chi connectivity index (χ2v) is 6.99. The first-order valence-electron chi connectivity index (χ1n) is 6.42. The zero-order chi connectivity index (χ0) is 14.2. The third kappa shape index (κ3) is 3.23. The topological polar surface area (TPSA) is 27.0 Å². The molecule has 0 aromatic heterocycles. The summed E-state index contributed by atoms with van der Waals surface area (Å²) in [4.78, 5) is 2.35. The van der Waals surface area contributed by atoms with E-state index in [1.165, 1.54) is 0 Å². The Labute approximate surface area is 124 Å². The fourth-order valence-corrected chi connectivity index (χ4v) is 3.15. The summed E-state index contributed by atoms with van der Waals surface area (Å²) < 4.78 is 0. The SMILES string of the molecule is CC(C)(C)N1C[C@H](c2cc(Cl)cc(Cl)c2)[C@@H](C#N)C1. The molecule has 0 spiro atoms. The molecule has 0 aliphatic carbocycles. The van der Waals surface area contributed by atoms with Crippen LogP contribution in [-0.2, 0) is 0 Å². The van der Waals surface area contributed by atoms with Crippen molar-refractivity contribution in [1.29, 1.82) is 5.26 Å². The summed E-state index contributed by atoms with van der Waals surface area (Å²) in [5.74, 6) is 0.175. The minimum atomic E-state index is -0.00578. The van der Waals surface area contributed by atoms with Gasteiger partial charge in [-0.25, -0.2) is 0 Å². The van der Waals surface area contributed by atoms with Crippen molar-refractivity contribution in [1.82, 2.24) is 4.90 Å². The van der Waals surface area contributed by atoms with E-state index in [0.717, 1.165) is 18.7 Å². The van der Waals surface area contributed by atoms with Crippen LogP contribution in [0, 0.1) is 17.2 Å². The summed E-state index contributed by atoms with van der Waals surface area (Å²) in [6, 6.07) is 8.00. The van der Waals surface area contributed by atoms with E-state index in [-0.39, 0.29) is 17.4 Å². The molecule has 2 atom stereocenters. The van der Waals surface area contributed by atoms with E-state index in [9.17, 15) is 5.26 Å². The lowest BCUT2D eigenvalue weighted by Crippen LogP contribution is -2.39. The molecule has 1 aromatic carbocycles. The molecule has 0 bridgehead atoms. The van der Waals surface area contributed by atoms with Gasteiger partial charge in [0.05, 0.1) is 12.0 Å². The molecule has 1 fully saturated rings. The number of nitriles is 1. The molecule has 0 saturated carbocycles. The van der Waals surface area contributed by atoms with Crippen LogP contribution in [0.2, 0.25) is 10.0 Å². The van der Waals surface area contributed by atoms with Crippen LogP contribution >= 0.6 is 23.2 Å². The summed E-state index contributed by atoms with van der Waals surface area (Å²) in [5, 5.41) is 10.6. The third-order valence-electron chi connectivity index (χ3n) is 3.75. The third-order valence-corrected chi connectivity index (χ3v) is 4.18. The monoisotopic (exact) mass is 296 g/mol. The van der Waals surface area contributed by atoms with Gasteiger partial charge in [0, 0.05) is 34.6 Å². The van der Waals surface area contributed by atoms with Crippen molar-refractivity contribution in [2.75, 3.05) is 13.1 Å². The van der Waals surface area contributed by atoms with Crippen molar-refractivity contribution in [2.45, 2.75) is 32.2 Å². The summed E-state index contributed by atoms with van der Waals surface area (Å²) in [6.45, 7) is 8.20. The summed E-state index contributed by atoms with van der Waals surface area (Å²) in [7, 11) is 0. The highest BCUT2D eigenvalue weighted by molar-refractivity contribution is 6.34. The van der Waals surface area contributed by atoms with Gasteiger partial charge in [0.15, 0.2) is 0 Å². The van der Waals surface area contributed by atoms with Gasteiger partial charge < -0.3 is 0 Å². The maximum absolute atomic E-state index is 9.38. The lowest BCUT2D eigenvalue weighted by molar-refractivity contribution is 0.170. The Hall–Kier alpha value is -0.750. The molecule has 2 rings (SSSR count). The summed E-state index contributed by atoms with van der Waals surface area (Å²) in [6.07, 6.45) is 0. The van der Waals surface area contributed by atoms with Crippen molar-refractivity contribution < 1.29 is 0 Å². The highest BCUT2D eigenvalue weighted by Gasteiger charge is 2.38. The highest BCUT2D eigenvalue weighted by Crippen LogP contribution is 2.37. The zero-order valence-electron chi connectivity index (χ0n) is 11.5. The number of likely N-dealkylation sites (tertiary alicyclic amines) is 1. The fourth-order valence-electron chi connectivity index (χ4n) is 2.61. The van der Waals surface area contributed by atoms with Crippen molar-refractivity contribution in [2.24, 2.45) is 5.92 Å². The average Bonchev–Trinajstić information content (AvgIpc) is 2.71. The Kier molecular flexibility index (Phi) is 4.11. The second kappa shape index (κ2) is 5.32. The van der Waals surface area contributed by atoms with E-state index in [2.05, 4.69) is 31.7 Å². The minimum Gasteiger partial charge on any atom is -0.297 e. The zero-order valence-corrected chi connectivity index (χ0v) is 13.0. The first-order valence-corrected chi connectivity index (χ1v) is 7.17. The Balaban J connectivity index is 2.31. The molecular weight excluding hydrogens is 279 g/mol. The first kappa shape index (κ1) is 14.7. The van der Waals surface area contributed by atoms with Crippen LogP contribution in [0.5, 0.6) is 0 Å². The van der Waals surface area contributed by atoms with E-state index in [1.807, 2.05) is 12.1 Å². The van der Waals surface area contributed by atoms with Gasteiger partial charge >= 0.3 is 0 Å². The maximum atomic E-state index is 9.38. The van der Waals surface area contributed by atoms with Crippen LogP contribution in [0.3, 0.4) is 0 Å². The van der Waals surface area contributed by atoms with Crippen molar-refractivity contribution in [3.63, 3.8) is 0 Å². The molecule has 1 aromatic rings. The van der Waals surface area contributed by atoms with Gasteiger partial charge in [-0.15, -0.1) is 0 Å². The van der Waals surface area contributed by atoms with Gasteiger partial charge in [-0.1, -0.05) is 23.2 Å². The molecule has 1 heterocycles. The molecule has 0 amide bonds. The molecule has 1 aliphatic heterocycles. The van der Waals surface area contributed by atoms with E-state index in [1.54, 1.807) is 6.07 Å². The molecule has 19 heavy (non-hydrogen) atoms. The van der Waals surface area contributed by atoms with Crippen LogP contribution in [0.25, 0.3) is 0 Å². The predicted octanol–water partition coefficient (Wildman–Crippen LogP) is 4.33. The molecule has 1 saturated heterocycles. The molecular formula is C15H18Cl2N2. The fraction of sp³-hybridized carbons (Fsp3) is 0.533. The van der Waals surface area contributed by atoms with Gasteiger partial charge in [-0.2, -0.15) is 5.26 Å². The predicted molar refractivity (Wildman–Crippen MR) is 79.6 cm³/mol. The maximum Gasteiger partial charge on any atom is 0.0676 e. The lowest BCUT2D eigenvalue weighted by atomic mass is 9.90. The smallest absolute Gasteiger partial charge is 0.0676 e.